The lowest BCUT2D eigenvalue weighted by Crippen LogP contribution is -2.65. The Kier molecular flexibility index (Phi) is 3.73. The first-order valence-electron chi connectivity index (χ1n) is 8.44. The minimum absolute atomic E-state index is 0.173. The van der Waals surface area contributed by atoms with Crippen molar-refractivity contribution in [3.8, 4) is 6.07 Å². The molecule has 0 aliphatic carbocycles. The van der Waals surface area contributed by atoms with Gasteiger partial charge in [0.15, 0.2) is 0 Å². The lowest BCUT2D eigenvalue weighted by Gasteiger charge is -2.50. The number of anilines is 1. The number of pyridine rings is 1. The summed E-state index contributed by atoms with van der Waals surface area (Å²) in [7, 11) is 0. The van der Waals surface area contributed by atoms with Gasteiger partial charge in [-0.3, -0.25) is 4.90 Å². The van der Waals surface area contributed by atoms with Gasteiger partial charge in [-0.2, -0.15) is 10.4 Å². The third-order valence-corrected chi connectivity index (χ3v) is 5.27. The zero-order chi connectivity index (χ0) is 17.6. The van der Waals surface area contributed by atoms with Crippen molar-refractivity contribution in [2.24, 2.45) is 0 Å². The second kappa shape index (κ2) is 5.93. The van der Waals surface area contributed by atoms with Gasteiger partial charge in [-0.25, -0.2) is 9.31 Å². The number of hydrogen-bond donors (Lipinski definition) is 1. The summed E-state index contributed by atoms with van der Waals surface area (Å²) in [6, 6.07) is 8.35. The van der Waals surface area contributed by atoms with Gasteiger partial charge in [0.25, 0.3) is 0 Å². The van der Waals surface area contributed by atoms with E-state index in [2.05, 4.69) is 27.9 Å². The highest BCUT2D eigenvalue weighted by Gasteiger charge is 2.37. The van der Waals surface area contributed by atoms with Gasteiger partial charge in [0, 0.05) is 44.8 Å². The summed E-state index contributed by atoms with van der Waals surface area (Å²) in [6.07, 6.45) is 0.854. The molecular weight excluding hydrogens is 320 g/mol. The van der Waals surface area contributed by atoms with Gasteiger partial charge in [-0.05, 0) is 25.1 Å². The Bertz CT molecular complexity index is 856. The maximum atomic E-state index is 11.3. The minimum atomic E-state index is -0.846. The lowest BCUT2D eigenvalue weighted by molar-refractivity contribution is 0.0367. The van der Waals surface area contributed by atoms with Crippen LogP contribution in [0, 0.1) is 11.3 Å². The largest absolute Gasteiger partial charge is 0.465 e. The molecule has 2 aliphatic rings. The SMILES string of the molecule is CC1CN(c2ccc(C#N)n3nccc23)CC2CN(C(=O)O)CCN12. The van der Waals surface area contributed by atoms with Crippen molar-refractivity contribution in [3.63, 3.8) is 0 Å². The molecular formula is C17H20N6O2. The maximum absolute atomic E-state index is 11.3. The van der Waals surface area contributed by atoms with E-state index in [1.165, 1.54) is 4.90 Å². The highest BCUT2D eigenvalue weighted by Crippen LogP contribution is 2.28. The van der Waals surface area contributed by atoms with Crippen LogP contribution in [0.3, 0.4) is 0 Å². The molecule has 8 nitrogen and oxygen atoms in total. The highest BCUT2D eigenvalue weighted by atomic mass is 16.4. The van der Waals surface area contributed by atoms with Crippen LogP contribution in [0.1, 0.15) is 12.6 Å². The van der Waals surface area contributed by atoms with E-state index in [-0.39, 0.29) is 6.04 Å². The van der Waals surface area contributed by atoms with E-state index in [4.69, 9.17) is 0 Å². The van der Waals surface area contributed by atoms with Crippen molar-refractivity contribution in [2.75, 3.05) is 37.6 Å². The predicted molar refractivity (Wildman–Crippen MR) is 91.7 cm³/mol. The lowest BCUT2D eigenvalue weighted by atomic mass is 10.0. The topological polar surface area (TPSA) is 88.1 Å². The second-order valence-corrected chi connectivity index (χ2v) is 6.72. The number of carbonyl (C=O) groups is 1. The number of rotatable bonds is 1. The Hall–Kier alpha value is -2.79. The molecule has 25 heavy (non-hydrogen) atoms. The molecule has 0 aromatic carbocycles. The summed E-state index contributed by atoms with van der Waals surface area (Å²) >= 11 is 0. The molecule has 2 saturated heterocycles. The number of nitriles is 1. The zero-order valence-electron chi connectivity index (χ0n) is 14.0. The molecule has 4 heterocycles. The van der Waals surface area contributed by atoms with Crippen molar-refractivity contribution in [1.82, 2.24) is 19.4 Å². The summed E-state index contributed by atoms with van der Waals surface area (Å²) in [5.74, 6) is 0. The standard InChI is InChI=1S/C17H20N6O2/c1-12-9-21(11-14-10-20(17(24)25)6-7-22(12)14)15-3-2-13(8-18)23-16(15)4-5-19-23/h2-5,12,14H,6-7,9-11H2,1H3,(H,24,25). The Balaban J connectivity index is 1.65. The normalized spacial score (nSPS) is 24.2. The average Bonchev–Trinajstić information content (AvgIpc) is 3.10. The molecule has 2 unspecified atom stereocenters. The number of fused-ring (bicyclic) bond motifs is 2. The molecule has 0 bridgehead atoms. The molecule has 0 saturated carbocycles. The van der Waals surface area contributed by atoms with Crippen molar-refractivity contribution >= 4 is 17.3 Å². The van der Waals surface area contributed by atoms with E-state index in [9.17, 15) is 15.2 Å². The molecule has 0 radical (unpaired) electrons. The smallest absolute Gasteiger partial charge is 0.407 e. The molecule has 8 heteroatoms. The molecule has 2 fully saturated rings. The fraction of sp³-hybridized carbons (Fsp3) is 0.471. The minimum Gasteiger partial charge on any atom is -0.465 e. The molecule has 2 atom stereocenters. The van der Waals surface area contributed by atoms with E-state index in [0.29, 0.717) is 24.8 Å². The summed E-state index contributed by atoms with van der Waals surface area (Å²) < 4.78 is 1.66. The first-order valence-corrected chi connectivity index (χ1v) is 8.44. The van der Waals surface area contributed by atoms with E-state index in [1.54, 1.807) is 16.8 Å². The number of nitrogens with zero attached hydrogens (tertiary/aromatic N) is 6. The van der Waals surface area contributed by atoms with Crippen LogP contribution in [0.4, 0.5) is 10.5 Å². The van der Waals surface area contributed by atoms with Crippen LogP contribution in [-0.2, 0) is 0 Å². The van der Waals surface area contributed by atoms with E-state index >= 15 is 0 Å². The van der Waals surface area contributed by atoms with Crippen LogP contribution in [0.25, 0.3) is 5.52 Å². The average molecular weight is 340 g/mol. The summed E-state index contributed by atoms with van der Waals surface area (Å²) in [5.41, 5.74) is 2.45. The maximum Gasteiger partial charge on any atom is 0.407 e. The number of aromatic nitrogens is 2. The monoisotopic (exact) mass is 340 g/mol. The number of carboxylic acid groups (broad SMARTS) is 1. The van der Waals surface area contributed by atoms with Gasteiger partial charge in [0.2, 0.25) is 0 Å². The molecule has 1 N–H and O–H groups in total. The van der Waals surface area contributed by atoms with Gasteiger partial charge in [-0.1, -0.05) is 0 Å². The van der Waals surface area contributed by atoms with Crippen LogP contribution in [0.2, 0.25) is 0 Å². The van der Waals surface area contributed by atoms with Crippen molar-refractivity contribution in [1.29, 1.82) is 5.26 Å². The number of amides is 1. The van der Waals surface area contributed by atoms with Gasteiger partial charge >= 0.3 is 6.09 Å². The Morgan fingerprint density at radius 2 is 2.12 bits per heavy atom. The molecule has 2 aromatic heterocycles. The van der Waals surface area contributed by atoms with E-state index in [0.717, 1.165) is 30.8 Å². The molecule has 4 rings (SSSR count). The zero-order valence-corrected chi connectivity index (χ0v) is 14.0. The number of piperazine rings is 2. The second-order valence-electron chi connectivity index (χ2n) is 6.72. The Morgan fingerprint density at radius 1 is 1.28 bits per heavy atom. The third-order valence-electron chi connectivity index (χ3n) is 5.27. The van der Waals surface area contributed by atoms with Crippen molar-refractivity contribution in [2.45, 2.75) is 19.0 Å². The fourth-order valence-electron chi connectivity index (χ4n) is 4.09. The van der Waals surface area contributed by atoms with Gasteiger partial charge in [0.1, 0.15) is 11.8 Å². The van der Waals surface area contributed by atoms with E-state index < -0.39 is 6.09 Å². The molecule has 130 valence electrons. The van der Waals surface area contributed by atoms with E-state index in [1.807, 2.05) is 12.1 Å². The van der Waals surface area contributed by atoms with Crippen LogP contribution in [0.5, 0.6) is 0 Å². The first kappa shape index (κ1) is 15.7. The first-order chi connectivity index (χ1) is 12.1. The quantitative estimate of drug-likeness (QED) is 0.836. The summed E-state index contributed by atoms with van der Waals surface area (Å²) in [5, 5.41) is 22.8. The van der Waals surface area contributed by atoms with Crippen molar-refractivity contribution < 1.29 is 9.90 Å². The summed E-state index contributed by atoms with van der Waals surface area (Å²) in [6.45, 7) is 5.70. The van der Waals surface area contributed by atoms with Crippen LogP contribution >= 0.6 is 0 Å². The highest BCUT2D eigenvalue weighted by molar-refractivity contribution is 5.74. The predicted octanol–water partition coefficient (Wildman–Crippen LogP) is 1.08. The summed E-state index contributed by atoms with van der Waals surface area (Å²) in [4.78, 5) is 17.5. The van der Waals surface area contributed by atoms with Crippen LogP contribution in [0.15, 0.2) is 24.4 Å². The van der Waals surface area contributed by atoms with Crippen LogP contribution in [-0.4, -0.2) is 75.4 Å². The Labute approximate surface area is 145 Å². The number of hydrogen-bond acceptors (Lipinski definition) is 5. The molecule has 0 spiro atoms. The third kappa shape index (κ3) is 2.57. The fourth-order valence-corrected chi connectivity index (χ4v) is 4.09. The molecule has 1 amide bonds. The molecule has 2 aromatic rings. The van der Waals surface area contributed by atoms with Gasteiger partial charge in [-0.15, -0.1) is 0 Å². The van der Waals surface area contributed by atoms with Gasteiger partial charge < -0.3 is 14.9 Å². The Morgan fingerprint density at radius 3 is 2.88 bits per heavy atom. The van der Waals surface area contributed by atoms with Gasteiger partial charge in [0.05, 0.1) is 17.4 Å². The molecule has 2 aliphatic heterocycles. The van der Waals surface area contributed by atoms with Crippen molar-refractivity contribution in [3.05, 3.63) is 30.1 Å². The van der Waals surface area contributed by atoms with Crippen LogP contribution < -0.4 is 4.90 Å².